The van der Waals surface area contributed by atoms with Crippen LogP contribution in [0.15, 0.2) is 30.3 Å². The van der Waals surface area contributed by atoms with Crippen molar-refractivity contribution in [2.45, 2.75) is 104 Å². The van der Waals surface area contributed by atoms with Crippen LogP contribution in [0.3, 0.4) is 0 Å². The fraction of sp³-hybridized carbons (Fsp3) is 0.643. The number of alkyl carbamates (subject to hydrolysis) is 1. The summed E-state index contributed by atoms with van der Waals surface area (Å²) in [7, 11) is 0. The topological polar surface area (TPSA) is 132 Å². The largest absolute Gasteiger partial charge is 0.460 e. The first kappa shape index (κ1) is 32.7. The normalized spacial score (nSPS) is 12.2. The summed E-state index contributed by atoms with van der Waals surface area (Å²) in [4.78, 5) is 48.7. The zero-order chi connectivity index (χ0) is 28.6. The third-order valence-electron chi connectivity index (χ3n) is 4.92. The van der Waals surface area contributed by atoms with Crippen molar-refractivity contribution in [1.82, 2.24) is 16.0 Å². The van der Waals surface area contributed by atoms with E-state index >= 15 is 0 Å². The number of esters is 2. The van der Waals surface area contributed by atoms with Gasteiger partial charge in [0.15, 0.2) is 0 Å². The summed E-state index contributed by atoms with van der Waals surface area (Å²) in [6.45, 7) is 11.7. The number of amides is 3. The quantitative estimate of drug-likeness (QED) is 0.180. The molecule has 0 radical (unpaired) electrons. The van der Waals surface area contributed by atoms with Crippen LogP contribution in [0.25, 0.3) is 0 Å². The van der Waals surface area contributed by atoms with Gasteiger partial charge in [0, 0.05) is 19.5 Å². The van der Waals surface area contributed by atoms with Crippen molar-refractivity contribution in [3.63, 3.8) is 0 Å². The number of rotatable bonds is 14. The molecule has 0 saturated carbocycles. The lowest BCUT2D eigenvalue weighted by atomic mass is 10.1. The highest BCUT2D eigenvalue weighted by atomic mass is 16.6. The third-order valence-corrected chi connectivity index (χ3v) is 4.92. The van der Waals surface area contributed by atoms with E-state index in [-0.39, 0.29) is 19.4 Å². The number of unbranched alkanes of at least 4 members (excludes halogenated alkanes) is 3. The van der Waals surface area contributed by atoms with E-state index in [1.54, 1.807) is 41.5 Å². The third kappa shape index (κ3) is 17.2. The Morgan fingerprint density at radius 1 is 0.789 bits per heavy atom. The minimum absolute atomic E-state index is 0.0324. The summed E-state index contributed by atoms with van der Waals surface area (Å²) in [6.07, 6.45) is 2.85. The standard InChI is InChI=1S/C28H45N3O7/c1-27(2,3)37-23(32)17-16-22(24(33)38-28(4,5)6)31-25(34)29-18-12-7-8-13-19-30-26(35)36-20-21-14-10-9-11-15-21/h9-11,14-15,22H,7-8,12-13,16-20H2,1-6H3,(H,30,35)(H2,29,31,34)/t22-/m0/s1. The molecule has 1 aromatic carbocycles. The maximum atomic E-state index is 12.6. The number of urea groups is 1. The Bertz CT molecular complexity index is 877. The van der Waals surface area contributed by atoms with Crippen molar-refractivity contribution in [1.29, 1.82) is 0 Å². The fourth-order valence-electron chi connectivity index (χ4n) is 3.26. The van der Waals surface area contributed by atoms with E-state index in [4.69, 9.17) is 14.2 Å². The summed E-state index contributed by atoms with van der Waals surface area (Å²) in [6, 6.07) is 7.98. The number of carbonyl (C=O) groups is 4. The Hall–Kier alpha value is -3.30. The Kier molecular flexibility index (Phi) is 14.2. The minimum Gasteiger partial charge on any atom is -0.460 e. The highest BCUT2D eigenvalue weighted by Gasteiger charge is 2.28. The lowest BCUT2D eigenvalue weighted by Gasteiger charge is -2.25. The van der Waals surface area contributed by atoms with Crippen molar-refractivity contribution in [3.05, 3.63) is 35.9 Å². The van der Waals surface area contributed by atoms with Gasteiger partial charge in [-0.2, -0.15) is 0 Å². The van der Waals surface area contributed by atoms with E-state index in [0.717, 1.165) is 31.2 Å². The van der Waals surface area contributed by atoms with E-state index in [0.29, 0.717) is 13.1 Å². The summed E-state index contributed by atoms with van der Waals surface area (Å²) >= 11 is 0. The van der Waals surface area contributed by atoms with Gasteiger partial charge in [-0.25, -0.2) is 14.4 Å². The number of carbonyl (C=O) groups excluding carboxylic acids is 4. The Balaban J connectivity index is 2.27. The summed E-state index contributed by atoms with van der Waals surface area (Å²) in [5, 5.41) is 8.07. The predicted molar refractivity (Wildman–Crippen MR) is 144 cm³/mol. The van der Waals surface area contributed by atoms with E-state index in [1.165, 1.54) is 0 Å². The zero-order valence-electron chi connectivity index (χ0n) is 23.7. The van der Waals surface area contributed by atoms with Gasteiger partial charge in [0.2, 0.25) is 0 Å². The maximum absolute atomic E-state index is 12.6. The second-order valence-corrected chi connectivity index (χ2v) is 11.0. The average molecular weight is 536 g/mol. The molecule has 0 spiro atoms. The number of nitrogens with one attached hydrogen (secondary N) is 3. The highest BCUT2D eigenvalue weighted by Crippen LogP contribution is 2.13. The molecule has 10 heteroatoms. The number of hydrogen-bond donors (Lipinski definition) is 3. The molecule has 10 nitrogen and oxygen atoms in total. The van der Waals surface area contributed by atoms with Crippen LogP contribution >= 0.6 is 0 Å². The second-order valence-electron chi connectivity index (χ2n) is 11.0. The molecule has 38 heavy (non-hydrogen) atoms. The molecule has 1 aromatic rings. The van der Waals surface area contributed by atoms with Crippen LogP contribution in [0.2, 0.25) is 0 Å². The first-order valence-electron chi connectivity index (χ1n) is 13.2. The van der Waals surface area contributed by atoms with Gasteiger partial charge in [0.05, 0.1) is 0 Å². The second kappa shape index (κ2) is 16.5. The molecule has 0 unspecified atom stereocenters. The van der Waals surface area contributed by atoms with Crippen molar-refractivity contribution >= 4 is 24.1 Å². The molecule has 0 bridgehead atoms. The predicted octanol–water partition coefficient (Wildman–Crippen LogP) is 4.60. The molecule has 0 aliphatic rings. The zero-order valence-corrected chi connectivity index (χ0v) is 23.7. The first-order valence-corrected chi connectivity index (χ1v) is 13.2. The van der Waals surface area contributed by atoms with Gasteiger partial charge < -0.3 is 30.2 Å². The molecule has 0 fully saturated rings. The minimum atomic E-state index is -0.977. The molecule has 214 valence electrons. The molecule has 0 heterocycles. The molecule has 1 rings (SSSR count). The van der Waals surface area contributed by atoms with Crippen LogP contribution in [-0.4, -0.2) is 54.4 Å². The van der Waals surface area contributed by atoms with Crippen LogP contribution in [0.4, 0.5) is 9.59 Å². The number of hydrogen-bond acceptors (Lipinski definition) is 7. The fourth-order valence-corrected chi connectivity index (χ4v) is 3.26. The lowest BCUT2D eigenvalue weighted by Crippen LogP contribution is -2.48. The van der Waals surface area contributed by atoms with Crippen LogP contribution in [-0.2, 0) is 30.4 Å². The molecular formula is C28H45N3O7. The molecular weight excluding hydrogens is 490 g/mol. The lowest BCUT2D eigenvalue weighted by molar-refractivity contribution is -0.158. The van der Waals surface area contributed by atoms with Crippen molar-refractivity contribution in [2.75, 3.05) is 13.1 Å². The van der Waals surface area contributed by atoms with Gasteiger partial charge in [-0.1, -0.05) is 43.2 Å². The molecule has 1 atom stereocenters. The Morgan fingerprint density at radius 2 is 1.37 bits per heavy atom. The molecule has 3 N–H and O–H groups in total. The van der Waals surface area contributed by atoms with E-state index < -0.39 is 41.3 Å². The van der Waals surface area contributed by atoms with Crippen LogP contribution in [0, 0.1) is 0 Å². The average Bonchev–Trinajstić information content (AvgIpc) is 2.80. The van der Waals surface area contributed by atoms with Gasteiger partial charge in [-0.05, 0) is 66.4 Å². The molecule has 0 saturated heterocycles. The van der Waals surface area contributed by atoms with Crippen LogP contribution < -0.4 is 16.0 Å². The van der Waals surface area contributed by atoms with Crippen molar-refractivity contribution in [2.24, 2.45) is 0 Å². The molecule has 0 aliphatic heterocycles. The maximum Gasteiger partial charge on any atom is 0.407 e. The van der Waals surface area contributed by atoms with Gasteiger partial charge in [-0.15, -0.1) is 0 Å². The van der Waals surface area contributed by atoms with Gasteiger partial charge in [-0.3, -0.25) is 4.79 Å². The summed E-state index contributed by atoms with van der Waals surface area (Å²) < 4.78 is 15.8. The van der Waals surface area contributed by atoms with Crippen LogP contribution in [0.5, 0.6) is 0 Å². The van der Waals surface area contributed by atoms with E-state index in [1.807, 2.05) is 30.3 Å². The SMILES string of the molecule is CC(C)(C)OC(=O)CC[C@H](NC(=O)NCCCCCCNC(=O)OCc1ccccc1)C(=O)OC(C)(C)C. The van der Waals surface area contributed by atoms with Gasteiger partial charge >= 0.3 is 24.1 Å². The Morgan fingerprint density at radius 3 is 1.95 bits per heavy atom. The molecule has 3 amide bonds. The number of benzene rings is 1. The smallest absolute Gasteiger partial charge is 0.407 e. The molecule has 0 aromatic heterocycles. The first-order chi connectivity index (χ1) is 17.7. The van der Waals surface area contributed by atoms with Crippen LogP contribution in [0.1, 0.15) is 85.6 Å². The van der Waals surface area contributed by atoms with E-state index in [2.05, 4.69) is 16.0 Å². The van der Waals surface area contributed by atoms with Crippen molar-refractivity contribution in [3.8, 4) is 0 Å². The van der Waals surface area contributed by atoms with Crippen molar-refractivity contribution < 1.29 is 33.4 Å². The molecule has 0 aliphatic carbocycles. The monoisotopic (exact) mass is 535 g/mol. The van der Waals surface area contributed by atoms with E-state index in [9.17, 15) is 19.2 Å². The van der Waals surface area contributed by atoms with Gasteiger partial charge in [0.25, 0.3) is 0 Å². The summed E-state index contributed by atoms with van der Waals surface area (Å²) in [5.74, 6) is -1.06. The Labute approximate surface area is 226 Å². The highest BCUT2D eigenvalue weighted by molar-refractivity contribution is 5.84. The summed E-state index contributed by atoms with van der Waals surface area (Å²) in [5.41, 5.74) is -0.433. The van der Waals surface area contributed by atoms with Gasteiger partial charge in [0.1, 0.15) is 23.9 Å². The number of ether oxygens (including phenoxy) is 3.